The zero-order valence-electron chi connectivity index (χ0n) is 12.9. The molecule has 0 radical (unpaired) electrons. The number of hydrogen-bond donors (Lipinski definition) is 1. The summed E-state index contributed by atoms with van der Waals surface area (Å²) >= 11 is 0. The minimum atomic E-state index is -0.610. The van der Waals surface area contributed by atoms with Crippen LogP contribution in [0.2, 0.25) is 0 Å². The highest BCUT2D eigenvalue weighted by Gasteiger charge is 2.23. The van der Waals surface area contributed by atoms with Gasteiger partial charge >= 0.3 is 0 Å². The molecule has 1 unspecified atom stereocenters. The molecule has 120 valence electrons. The molecule has 4 heteroatoms. The van der Waals surface area contributed by atoms with Crippen LogP contribution in [0.4, 0.5) is 4.39 Å². The third kappa shape index (κ3) is 5.10. The molecule has 3 nitrogen and oxygen atoms in total. The predicted octanol–water partition coefficient (Wildman–Crippen LogP) is 2.58. The Balaban J connectivity index is 1.75. The summed E-state index contributed by atoms with van der Waals surface area (Å²) in [6, 6.07) is 6.98. The molecule has 1 atom stereocenters. The van der Waals surface area contributed by atoms with Crippen LogP contribution in [0, 0.1) is 18.2 Å². The molecular weight excluding hydrogens is 281 g/mol. The summed E-state index contributed by atoms with van der Waals surface area (Å²) in [5, 5.41) is 10.1. The minimum Gasteiger partial charge on any atom is -0.389 e. The first-order chi connectivity index (χ1) is 10.7. The van der Waals surface area contributed by atoms with Gasteiger partial charge in [-0.3, -0.25) is 4.90 Å². The fraction of sp³-hybridized carbons (Fsp3) is 0.556. The molecular formula is C18H24FNO2. The summed E-state index contributed by atoms with van der Waals surface area (Å²) in [4.78, 5) is 2.16. The van der Waals surface area contributed by atoms with Crippen LogP contribution in [0.25, 0.3) is 0 Å². The van der Waals surface area contributed by atoms with Crippen molar-refractivity contribution in [3.05, 3.63) is 35.6 Å². The second-order valence-electron chi connectivity index (χ2n) is 5.83. The van der Waals surface area contributed by atoms with Crippen LogP contribution in [0.5, 0.6) is 0 Å². The average Bonchev–Trinajstić information content (AvgIpc) is 3.03. The van der Waals surface area contributed by atoms with E-state index in [4.69, 9.17) is 11.2 Å². The van der Waals surface area contributed by atoms with Crippen LogP contribution in [0.1, 0.15) is 31.2 Å². The Kier molecular flexibility index (Phi) is 6.85. The highest BCUT2D eigenvalue weighted by molar-refractivity contribution is 5.16. The van der Waals surface area contributed by atoms with Gasteiger partial charge in [-0.2, -0.15) is 0 Å². The van der Waals surface area contributed by atoms with Crippen molar-refractivity contribution in [2.24, 2.45) is 0 Å². The van der Waals surface area contributed by atoms with E-state index in [-0.39, 0.29) is 19.0 Å². The van der Waals surface area contributed by atoms with Crippen LogP contribution in [0.15, 0.2) is 24.3 Å². The number of nitrogens with zero attached hydrogens (tertiary/aromatic N) is 1. The van der Waals surface area contributed by atoms with Gasteiger partial charge in [0.15, 0.2) is 0 Å². The monoisotopic (exact) mass is 305 g/mol. The van der Waals surface area contributed by atoms with Gasteiger partial charge in [0, 0.05) is 18.2 Å². The molecule has 0 amide bonds. The summed E-state index contributed by atoms with van der Waals surface area (Å²) < 4.78 is 18.9. The maximum atomic E-state index is 13.5. The number of halogens is 1. The lowest BCUT2D eigenvalue weighted by molar-refractivity contribution is 0.00475. The number of terminal acetylenes is 1. The molecule has 2 rings (SSSR count). The number of benzene rings is 1. The Hall–Kier alpha value is -1.41. The van der Waals surface area contributed by atoms with Crippen molar-refractivity contribution < 1.29 is 14.2 Å². The molecule has 1 aliphatic rings. The van der Waals surface area contributed by atoms with Crippen molar-refractivity contribution in [1.29, 1.82) is 0 Å². The highest BCUT2D eigenvalue weighted by Crippen LogP contribution is 2.23. The summed E-state index contributed by atoms with van der Waals surface area (Å²) in [5.74, 6) is 2.38. The average molecular weight is 305 g/mol. The summed E-state index contributed by atoms with van der Waals surface area (Å²) in [6.07, 6.45) is 9.55. The fourth-order valence-corrected chi connectivity index (χ4v) is 2.97. The first-order valence-corrected chi connectivity index (χ1v) is 7.87. The van der Waals surface area contributed by atoms with Crippen molar-refractivity contribution in [3.63, 3.8) is 0 Å². The van der Waals surface area contributed by atoms with E-state index >= 15 is 0 Å². The van der Waals surface area contributed by atoms with E-state index in [1.54, 1.807) is 18.2 Å². The van der Waals surface area contributed by atoms with Crippen LogP contribution in [-0.2, 0) is 11.3 Å². The molecule has 22 heavy (non-hydrogen) atoms. The SMILES string of the molecule is C#CCN(CC(O)COCc1ccccc1F)C1CCCC1. The Bertz CT molecular complexity index is 494. The van der Waals surface area contributed by atoms with Crippen LogP contribution >= 0.6 is 0 Å². The van der Waals surface area contributed by atoms with E-state index in [1.807, 2.05) is 0 Å². The number of ether oxygens (including phenoxy) is 1. The van der Waals surface area contributed by atoms with Crippen molar-refractivity contribution in [2.75, 3.05) is 19.7 Å². The van der Waals surface area contributed by atoms with Crippen molar-refractivity contribution >= 4 is 0 Å². The molecule has 0 spiro atoms. The van der Waals surface area contributed by atoms with Gasteiger partial charge in [-0.05, 0) is 18.9 Å². The third-order valence-corrected chi connectivity index (χ3v) is 4.11. The molecule has 1 fully saturated rings. The molecule has 0 heterocycles. The Morgan fingerprint density at radius 3 is 2.77 bits per heavy atom. The molecule has 1 saturated carbocycles. The van der Waals surface area contributed by atoms with Crippen LogP contribution < -0.4 is 0 Å². The van der Waals surface area contributed by atoms with Gasteiger partial charge in [0.1, 0.15) is 5.82 Å². The van der Waals surface area contributed by atoms with Gasteiger partial charge in [0.05, 0.1) is 25.9 Å². The molecule has 0 aromatic heterocycles. The zero-order chi connectivity index (χ0) is 15.8. The standard InChI is InChI=1S/C18H24FNO2/c1-2-11-20(16-8-4-5-9-16)12-17(21)14-22-13-15-7-3-6-10-18(15)19/h1,3,6-7,10,16-17,21H,4-5,8-9,11-14H2. The lowest BCUT2D eigenvalue weighted by Gasteiger charge is -2.28. The predicted molar refractivity (Wildman–Crippen MR) is 84.7 cm³/mol. The van der Waals surface area contributed by atoms with Gasteiger partial charge in [-0.1, -0.05) is 37.0 Å². The number of rotatable bonds is 8. The molecule has 1 aliphatic carbocycles. The maximum Gasteiger partial charge on any atom is 0.128 e. The second-order valence-corrected chi connectivity index (χ2v) is 5.83. The quantitative estimate of drug-likeness (QED) is 0.749. The number of aliphatic hydroxyl groups is 1. The van der Waals surface area contributed by atoms with Gasteiger partial charge in [0.2, 0.25) is 0 Å². The summed E-state index contributed by atoms with van der Waals surface area (Å²) in [7, 11) is 0. The highest BCUT2D eigenvalue weighted by atomic mass is 19.1. The number of hydrogen-bond acceptors (Lipinski definition) is 3. The molecule has 1 aromatic rings. The van der Waals surface area contributed by atoms with Crippen molar-refractivity contribution in [1.82, 2.24) is 4.90 Å². The normalized spacial score (nSPS) is 16.8. The molecule has 1 N–H and O–H groups in total. The smallest absolute Gasteiger partial charge is 0.128 e. The van der Waals surface area contributed by atoms with Gasteiger partial charge in [-0.25, -0.2) is 4.39 Å². The molecule has 1 aromatic carbocycles. The van der Waals surface area contributed by atoms with Gasteiger partial charge in [0.25, 0.3) is 0 Å². The minimum absolute atomic E-state index is 0.169. The fourth-order valence-electron chi connectivity index (χ4n) is 2.97. The lowest BCUT2D eigenvalue weighted by atomic mass is 10.2. The van der Waals surface area contributed by atoms with E-state index in [0.717, 1.165) is 12.8 Å². The summed E-state index contributed by atoms with van der Waals surface area (Å²) in [5.41, 5.74) is 0.506. The Labute approximate surface area is 132 Å². The van der Waals surface area contributed by atoms with Crippen molar-refractivity contribution in [3.8, 4) is 12.3 Å². The maximum absolute atomic E-state index is 13.5. The zero-order valence-corrected chi connectivity index (χ0v) is 12.9. The topological polar surface area (TPSA) is 32.7 Å². The van der Waals surface area contributed by atoms with E-state index in [1.165, 1.54) is 18.9 Å². The first-order valence-electron chi connectivity index (χ1n) is 7.87. The number of aliphatic hydroxyl groups excluding tert-OH is 1. The Morgan fingerprint density at radius 1 is 1.36 bits per heavy atom. The van der Waals surface area contributed by atoms with Crippen LogP contribution in [0.3, 0.4) is 0 Å². The van der Waals surface area contributed by atoms with Gasteiger partial charge < -0.3 is 9.84 Å². The van der Waals surface area contributed by atoms with E-state index in [2.05, 4.69) is 10.8 Å². The molecule has 0 bridgehead atoms. The second kappa shape index (κ2) is 8.89. The van der Waals surface area contributed by atoms with E-state index in [9.17, 15) is 9.50 Å². The van der Waals surface area contributed by atoms with Crippen LogP contribution in [-0.4, -0.2) is 41.8 Å². The molecule has 0 saturated heterocycles. The largest absolute Gasteiger partial charge is 0.389 e. The van der Waals surface area contributed by atoms with E-state index in [0.29, 0.717) is 24.7 Å². The first kappa shape index (κ1) is 17.0. The van der Waals surface area contributed by atoms with Crippen molar-refractivity contribution in [2.45, 2.75) is 44.4 Å². The van der Waals surface area contributed by atoms with Gasteiger partial charge in [-0.15, -0.1) is 6.42 Å². The third-order valence-electron chi connectivity index (χ3n) is 4.11. The lowest BCUT2D eigenvalue weighted by Crippen LogP contribution is -2.41. The van der Waals surface area contributed by atoms with E-state index < -0.39 is 6.10 Å². The Morgan fingerprint density at radius 2 is 2.09 bits per heavy atom. The summed E-state index contributed by atoms with van der Waals surface area (Å²) in [6.45, 7) is 1.41. The molecule has 0 aliphatic heterocycles.